The molecule has 4 nitrogen and oxygen atoms in total. The Bertz CT molecular complexity index is 840. The molecule has 3 aromatic rings. The Hall–Kier alpha value is -1.85. The van der Waals surface area contributed by atoms with Gasteiger partial charge in [0.1, 0.15) is 11.4 Å². The first kappa shape index (κ1) is 15.7. The molecule has 1 aliphatic heterocycles. The van der Waals surface area contributed by atoms with E-state index in [1.807, 2.05) is 12.1 Å². The van der Waals surface area contributed by atoms with Crippen LogP contribution in [0.4, 0.5) is 5.82 Å². The van der Waals surface area contributed by atoms with Crippen LogP contribution in [0, 0.1) is 0 Å². The van der Waals surface area contributed by atoms with Crippen LogP contribution in [0.15, 0.2) is 57.7 Å². The number of nitrogens with zero attached hydrogens (tertiary/aromatic N) is 1. The smallest absolute Gasteiger partial charge is 0.139 e. The molecule has 24 heavy (non-hydrogen) atoms. The number of furan rings is 1. The van der Waals surface area contributed by atoms with Crippen LogP contribution in [0.1, 0.15) is 18.4 Å². The molecule has 5 heteroatoms. The zero-order valence-corrected chi connectivity index (χ0v) is 14.9. The Morgan fingerprint density at radius 2 is 2.04 bits per heavy atom. The summed E-state index contributed by atoms with van der Waals surface area (Å²) in [6.07, 6.45) is 5.48. The van der Waals surface area contributed by atoms with Crippen molar-refractivity contribution in [1.29, 1.82) is 0 Å². The fraction of sp³-hybridized carbons (Fsp3) is 0.316. The maximum Gasteiger partial charge on any atom is 0.139 e. The molecule has 0 amide bonds. The van der Waals surface area contributed by atoms with Crippen molar-refractivity contribution in [1.82, 2.24) is 4.98 Å². The molecule has 1 aliphatic rings. The summed E-state index contributed by atoms with van der Waals surface area (Å²) in [6, 6.07) is 12.4. The maximum atomic E-state index is 5.62. The second kappa shape index (κ2) is 6.57. The van der Waals surface area contributed by atoms with Crippen molar-refractivity contribution < 1.29 is 9.15 Å². The lowest BCUT2D eigenvalue weighted by atomic mass is 9.74. The first-order chi connectivity index (χ1) is 11.8. The number of rotatable bonds is 4. The predicted octanol–water partition coefficient (Wildman–Crippen LogP) is 4.75. The summed E-state index contributed by atoms with van der Waals surface area (Å²) in [7, 11) is 0. The molecule has 1 fully saturated rings. The second-order valence-electron chi connectivity index (χ2n) is 6.25. The molecule has 0 spiro atoms. The van der Waals surface area contributed by atoms with Crippen LogP contribution in [-0.4, -0.2) is 24.7 Å². The second-order valence-corrected chi connectivity index (χ2v) is 7.16. The van der Waals surface area contributed by atoms with Gasteiger partial charge in [0.25, 0.3) is 0 Å². The summed E-state index contributed by atoms with van der Waals surface area (Å²) >= 11 is 3.60. The van der Waals surface area contributed by atoms with Crippen molar-refractivity contribution in [3.05, 3.63) is 58.9 Å². The average Bonchev–Trinajstić information content (AvgIpc) is 3.10. The number of hydrogen-bond donors (Lipinski definition) is 1. The predicted molar refractivity (Wildman–Crippen MR) is 98.4 cm³/mol. The number of aromatic nitrogens is 1. The largest absolute Gasteiger partial charge is 0.464 e. The molecule has 0 atom stereocenters. The van der Waals surface area contributed by atoms with E-state index in [4.69, 9.17) is 9.15 Å². The van der Waals surface area contributed by atoms with Gasteiger partial charge in [0.15, 0.2) is 0 Å². The van der Waals surface area contributed by atoms with Crippen molar-refractivity contribution in [3.63, 3.8) is 0 Å². The lowest BCUT2D eigenvalue weighted by Gasteiger charge is -2.38. The fourth-order valence-electron chi connectivity index (χ4n) is 3.44. The van der Waals surface area contributed by atoms with Crippen molar-refractivity contribution in [3.8, 4) is 0 Å². The molecule has 4 rings (SSSR count). The molecule has 0 saturated carbocycles. The molecule has 3 heterocycles. The summed E-state index contributed by atoms with van der Waals surface area (Å²) in [5.41, 5.74) is 2.25. The standard InChI is InChI=1S/C19H19BrN2O2/c20-15-3-1-2-14(12-15)19(6-10-23-11-7-19)13-22-18-16-5-9-24-17(16)4-8-21-18/h1-5,8-9,12H,6-7,10-11,13H2,(H,21,22). The van der Waals surface area contributed by atoms with Crippen molar-refractivity contribution >= 4 is 32.7 Å². The summed E-state index contributed by atoms with van der Waals surface area (Å²) in [6.45, 7) is 2.40. The summed E-state index contributed by atoms with van der Waals surface area (Å²) < 4.78 is 12.2. The summed E-state index contributed by atoms with van der Waals surface area (Å²) in [4.78, 5) is 4.49. The minimum Gasteiger partial charge on any atom is -0.464 e. The topological polar surface area (TPSA) is 47.3 Å². The highest BCUT2D eigenvalue weighted by molar-refractivity contribution is 9.10. The number of fused-ring (bicyclic) bond motifs is 1. The van der Waals surface area contributed by atoms with Crippen LogP contribution < -0.4 is 5.32 Å². The zero-order valence-electron chi connectivity index (χ0n) is 13.3. The minimum atomic E-state index is 0.0512. The maximum absolute atomic E-state index is 5.62. The first-order valence-electron chi connectivity index (χ1n) is 8.17. The molecule has 0 unspecified atom stereocenters. The van der Waals surface area contributed by atoms with Gasteiger partial charge in [0, 0.05) is 35.8 Å². The van der Waals surface area contributed by atoms with Gasteiger partial charge in [-0.05, 0) is 42.7 Å². The Kier molecular flexibility index (Phi) is 4.29. The number of nitrogens with one attached hydrogen (secondary N) is 1. The lowest BCUT2D eigenvalue weighted by Crippen LogP contribution is -2.40. The van der Waals surface area contributed by atoms with Crippen LogP contribution >= 0.6 is 15.9 Å². The Morgan fingerprint density at radius 1 is 1.17 bits per heavy atom. The van der Waals surface area contributed by atoms with E-state index in [0.717, 1.165) is 53.9 Å². The van der Waals surface area contributed by atoms with Gasteiger partial charge in [0.05, 0.1) is 11.6 Å². The van der Waals surface area contributed by atoms with Gasteiger partial charge in [-0.2, -0.15) is 0 Å². The van der Waals surface area contributed by atoms with Crippen molar-refractivity contribution in [2.45, 2.75) is 18.3 Å². The van der Waals surface area contributed by atoms with Gasteiger partial charge in [-0.25, -0.2) is 4.98 Å². The van der Waals surface area contributed by atoms with E-state index in [9.17, 15) is 0 Å². The number of halogens is 1. The number of ether oxygens (including phenoxy) is 1. The Labute approximate surface area is 149 Å². The average molecular weight is 387 g/mol. The molecule has 2 aromatic heterocycles. The SMILES string of the molecule is Brc1cccc(C2(CNc3nccc4occc34)CCOCC2)c1. The van der Waals surface area contributed by atoms with E-state index >= 15 is 0 Å². The molecule has 1 aromatic carbocycles. The summed E-state index contributed by atoms with van der Waals surface area (Å²) in [5.74, 6) is 0.877. The van der Waals surface area contributed by atoms with Crippen LogP contribution in [0.2, 0.25) is 0 Å². The molecule has 1 saturated heterocycles. The van der Waals surface area contributed by atoms with Gasteiger partial charge < -0.3 is 14.5 Å². The van der Waals surface area contributed by atoms with E-state index in [2.05, 4.69) is 50.5 Å². The van der Waals surface area contributed by atoms with Crippen LogP contribution in [0.5, 0.6) is 0 Å². The zero-order chi connectivity index (χ0) is 16.4. The molecule has 0 radical (unpaired) electrons. The van der Waals surface area contributed by atoms with Gasteiger partial charge >= 0.3 is 0 Å². The van der Waals surface area contributed by atoms with E-state index in [0.29, 0.717) is 0 Å². The Morgan fingerprint density at radius 3 is 2.88 bits per heavy atom. The van der Waals surface area contributed by atoms with E-state index in [1.165, 1.54) is 5.56 Å². The van der Waals surface area contributed by atoms with Gasteiger partial charge in [-0.1, -0.05) is 28.1 Å². The normalized spacial score (nSPS) is 17.0. The number of pyridine rings is 1. The highest BCUT2D eigenvalue weighted by atomic mass is 79.9. The number of anilines is 1. The fourth-order valence-corrected chi connectivity index (χ4v) is 3.84. The monoisotopic (exact) mass is 386 g/mol. The van der Waals surface area contributed by atoms with Gasteiger partial charge in [-0.3, -0.25) is 0 Å². The first-order valence-corrected chi connectivity index (χ1v) is 8.96. The molecule has 124 valence electrons. The molecular weight excluding hydrogens is 368 g/mol. The number of benzene rings is 1. The van der Waals surface area contributed by atoms with Crippen LogP contribution in [0.3, 0.4) is 0 Å². The third kappa shape index (κ3) is 2.94. The van der Waals surface area contributed by atoms with E-state index in [-0.39, 0.29) is 5.41 Å². The third-order valence-electron chi connectivity index (χ3n) is 4.86. The Balaban J connectivity index is 1.64. The van der Waals surface area contributed by atoms with Gasteiger partial charge in [-0.15, -0.1) is 0 Å². The highest BCUT2D eigenvalue weighted by Gasteiger charge is 2.34. The van der Waals surface area contributed by atoms with Gasteiger partial charge in [0.2, 0.25) is 0 Å². The minimum absolute atomic E-state index is 0.0512. The molecule has 1 N–H and O–H groups in total. The molecule has 0 bridgehead atoms. The van der Waals surface area contributed by atoms with Crippen molar-refractivity contribution in [2.75, 3.05) is 25.1 Å². The van der Waals surface area contributed by atoms with E-state index in [1.54, 1.807) is 12.5 Å². The van der Waals surface area contributed by atoms with Crippen molar-refractivity contribution in [2.24, 2.45) is 0 Å². The highest BCUT2D eigenvalue weighted by Crippen LogP contribution is 2.36. The number of hydrogen-bond acceptors (Lipinski definition) is 4. The van der Waals surface area contributed by atoms with Crippen LogP contribution in [0.25, 0.3) is 11.0 Å². The van der Waals surface area contributed by atoms with Crippen LogP contribution in [-0.2, 0) is 10.2 Å². The third-order valence-corrected chi connectivity index (χ3v) is 5.35. The molecular formula is C19H19BrN2O2. The lowest BCUT2D eigenvalue weighted by molar-refractivity contribution is 0.0543. The quantitative estimate of drug-likeness (QED) is 0.702. The molecule has 0 aliphatic carbocycles. The van der Waals surface area contributed by atoms with E-state index < -0.39 is 0 Å². The summed E-state index contributed by atoms with van der Waals surface area (Å²) in [5, 5.41) is 4.58.